The lowest BCUT2D eigenvalue weighted by Gasteiger charge is -2.18. The van der Waals surface area contributed by atoms with Crippen LogP contribution in [-0.2, 0) is 28.6 Å². The van der Waals surface area contributed by atoms with Gasteiger partial charge in [0.15, 0.2) is 6.10 Å². The fourth-order valence-electron chi connectivity index (χ4n) is 9.23. The lowest BCUT2D eigenvalue weighted by molar-refractivity contribution is -0.167. The van der Waals surface area contributed by atoms with E-state index < -0.39 is 6.10 Å². The molecule has 0 fully saturated rings. The van der Waals surface area contributed by atoms with E-state index in [-0.39, 0.29) is 31.1 Å². The van der Waals surface area contributed by atoms with E-state index in [4.69, 9.17) is 14.2 Å². The summed E-state index contributed by atoms with van der Waals surface area (Å²) in [4.78, 5) is 38.3. The summed E-state index contributed by atoms with van der Waals surface area (Å²) in [6.07, 6.45) is 84.6. The molecule has 1 unspecified atom stereocenters. The van der Waals surface area contributed by atoms with Gasteiger partial charge in [-0.1, -0.05) is 273 Å². The molecule has 0 aromatic carbocycles. The van der Waals surface area contributed by atoms with E-state index in [1.54, 1.807) is 0 Å². The second kappa shape index (κ2) is 64.1. The standard InChI is InChI=1S/C70H122O6/c1-4-7-10-13-16-19-22-25-28-30-32-33-34-35-36-37-38-40-42-45-48-51-54-57-60-63-69(72)75-66-67(65-74-68(71)62-59-56-53-50-47-44-41-27-24-21-18-15-12-9-6-3)76-70(73)64-61-58-55-52-49-46-43-39-31-29-26-23-20-17-14-11-8-5-2/h9,12,18,20-21,23,27,29-32,41,47,50,67H,4-8,10-11,13-17,19,22,24-26,28,33-40,42-46,48-49,51-66H2,1-3H3/b12-9-,21-18-,23-20-,31-29-,32-30-,41-27-,50-47-. The molecule has 0 bridgehead atoms. The van der Waals surface area contributed by atoms with E-state index in [1.807, 2.05) is 0 Å². The molecule has 438 valence electrons. The number of unbranched alkanes of at least 4 members (excludes halogenated alkanes) is 34. The highest BCUT2D eigenvalue weighted by Crippen LogP contribution is 2.16. The number of hydrogen-bond donors (Lipinski definition) is 0. The lowest BCUT2D eigenvalue weighted by atomic mass is 10.0. The van der Waals surface area contributed by atoms with Gasteiger partial charge in [-0.2, -0.15) is 0 Å². The van der Waals surface area contributed by atoms with E-state index in [9.17, 15) is 14.4 Å². The van der Waals surface area contributed by atoms with Crippen LogP contribution in [0, 0.1) is 0 Å². The summed E-state index contributed by atoms with van der Waals surface area (Å²) in [5.41, 5.74) is 0. The molecule has 0 saturated carbocycles. The summed E-state index contributed by atoms with van der Waals surface area (Å²) in [5, 5.41) is 0. The van der Waals surface area contributed by atoms with Crippen LogP contribution in [0.5, 0.6) is 0 Å². The van der Waals surface area contributed by atoms with Gasteiger partial charge in [0.1, 0.15) is 13.2 Å². The summed E-state index contributed by atoms with van der Waals surface area (Å²) >= 11 is 0. The first kappa shape index (κ1) is 72.6. The normalized spacial score (nSPS) is 12.6. The Balaban J connectivity index is 4.35. The molecular weight excluding hydrogens is 937 g/mol. The van der Waals surface area contributed by atoms with Gasteiger partial charge in [0, 0.05) is 19.3 Å². The van der Waals surface area contributed by atoms with Crippen LogP contribution in [0.2, 0.25) is 0 Å². The van der Waals surface area contributed by atoms with Gasteiger partial charge in [-0.05, 0) is 116 Å². The quantitative estimate of drug-likeness (QED) is 0.0261. The van der Waals surface area contributed by atoms with Gasteiger partial charge < -0.3 is 14.2 Å². The third-order valence-electron chi connectivity index (χ3n) is 14.1. The Morgan fingerprint density at radius 2 is 0.513 bits per heavy atom. The minimum atomic E-state index is -0.799. The van der Waals surface area contributed by atoms with Crippen LogP contribution in [0.4, 0.5) is 0 Å². The third-order valence-corrected chi connectivity index (χ3v) is 14.1. The first-order valence-electron chi connectivity index (χ1n) is 32.6. The molecule has 0 saturated heterocycles. The number of allylic oxidation sites excluding steroid dienone is 14. The van der Waals surface area contributed by atoms with Crippen molar-refractivity contribution in [3.05, 3.63) is 85.1 Å². The Bertz CT molecular complexity index is 1450. The summed E-state index contributed by atoms with van der Waals surface area (Å²) in [6.45, 7) is 6.50. The molecule has 6 heteroatoms. The largest absolute Gasteiger partial charge is 0.462 e. The van der Waals surface area contributed by atoms with Crippen LogP contribution < -0.4 is 0 Å². The average Bonchev–Trinajstić information content (AvgIpc) is 3.42. The number of hydrogen-bond acceptors (Lipinski definition) is 6. The lowest BCUT2D eigenvalue weighted by Crippen LogP contribution is -2.30. The number of rotatable bonds is 59. The molecule has 0 heterocycles. The van der Waals surface area contributed by atoms with Crippen LogP contribution in [0.25, 0.3) is 0 Å². The minimum Gasteiger partial charge on any atom is -0.462 e. The first-order valence-corrected chi connectivity index (χ1v) is 32.6. The van der Waals surface area contributed by atoms with E-state index in [0.717, 1.165) is 96.3 Å². The molecule has 0 aromatic heterocycles. The first-order chi connectivity index (χ1) is 37.5. The van der Waals surface area contributed by atoms with Crippen LogP contribution in [0.1, 0.15) is 323 Å². The predicted molar refractivity (Wildman–Crippen MR) is 330 cm³/mol. The van der Waals surface area contributed by atoms with E-state index in [1.165, 1.54) is 186 Å². The zero-order chi connectivity index (χ0) is 55.0. The van der Waals surface area contributed by atoms with Crippen molar-refractivity contribution in [2.75, 3.05) is 13.2 Å². The van der Waals surface area contributed by atoms with Crippen LogP contribution >= 0.6 is 0 Å². The Hall–Kier alpha value is -3.41. The highest BCUT2D eigenvalue weighted by Gasteiger charge is 2.19. The number of esters is 3. The minimum absolute atomic E-state index is 0.0918. The van der Waals surface area contributed by atoms with Crippen molar-refractivity contribution in [1.29, 1.82) is 0 Å². The molecule has 0 radical (unpaired) electrons. The van der Waals surface area contributed by atoms with Gasteiger partial charge in [-0.3, -0.25) is 14.4 Å². The number of carbonyl (C=O) groups is 3. The predicted octanol–water partition coefficient (Wildman–Crippen LogP) is 22.3. The highest BCUT2D eigenvalue weighted by molar-refractivity contribution is 5.71. The van der Waals surface area contributed by atoms with Crippen LogP contribution in [0.3, 0.4) is 0 Å². The van der Waals surface area contributed by atoms with E-state index in [2.05, 4.69) is 106 Å². The summed E-state index contributed by atoms with van der Waals surface area (Å²) in [7, 11) is 0. The molecule has 0 aliphatic heterocycles. The molecule has 0 N–H and O–H groups in total. The molecule has 0 aliphatic carbocycles. The number of carbonyl (C=O) groups excluding carboxylic acids is 3. The van der Waals surface area contributed by atoms with Crippen LogP contribution in [-0.4, -0.2) is 37.2 Å². The van der Waals surface area contributed by atoms with Crippen molar-refractivity contribution in [2.24, 2.45) is 0 Å². The Labute approximate surface area is 471 Å². The van der Waals surface area contributed by atoms with Crippen molar-refractivity contribution in [3.63, 3.8) is 0 Å². The zero-order valence-corrected chi connectivity index (χ0v) is 50.3. The third kappa shape index (κ3) is 61.4. The maximum Gasteiger partial charge on any atom is 0.306 e. The van der Waals surface area contributed by atoms with Gasteiger partial charge in [-0.25, -0.2) is 0 Å². The Morgan fingerprint density at radius 1 is 0.276 bits per heavy atom. The maximum absolute atomic E-state index is 12.9. The van der Waals surface area contributed by atoms with Crippen molar-refractivity contribution in [3.8, 4) is 0 Å². The molecule has 1 atom stereocenters. The molecular formula is C70H122O6. The highest BCUT2D eigenvalue weighted by atomic mass is 16.6. The van der Waals surface area contributed by atoms with Crippen molar-refractivity contribution in [1.82, 2.24) is 0 Å². The molecule has 0 amide bonds. The van der Waals surface area contributed by atoms with Gasteiger partial charge in [0.05, 0.1) is 0 Å². The van der Waals surface area contributed by atoms with E-state index >= 15 is 0 Å². The molecule has 0 aromatic rings. The van der Waals surface area contributed by atoms with Crippen molar-refractivity contribution in [2.45, 2.75) is 329 Å². The Kier molecular flexibility index (Phi) is 61.2. The molecule has 0 rings (SSSR count). The van der Waals surface area contributed by atoms with Gasteiger partial charge >= 0.3 is 17.9 Å². The van der Waals surface area contributed by atoms with Gasteiger partial charge in [0.2, 0.25) is 0 Å². The van der Waals surface area contributed by atoms with Gasteiger partial charge in [-0.15, -0.1) is 0 Å². The second-order valence-electron chi connectivity index (χ2n) is 21.6. The number of ether oxygens (including phenoxy) is 3. The zero-order valence-electron chi connectivity index (χ0n) is 50.3. The second-order valence-corrected chi connectivity index (χ2v) is 21.6. The SMILES string of the molecule is CC/C=C\C/C=C\C/C=C\C/C=C\CCCCC(=O)OCC(COC(=O)CCCCCCCCCCCCCCC/C=C\CCCCCCCCCC)OC(=O)CCCCCCCCC/C=C\C/C=C\CCCCCC. The molecule has 0 aliphatic rings. The van der Waals surface area contributed by atoms with Crippen LogP contribution in [0.15, 0.2) is 85.1 Å². The van der Waals surface area contributed by atoms with Crippen molar-refractivity contribution < 1.29 is 28.6 Å². The summed E-state index contributed by atoms with van der Waals surface area (Å²) < 4.78 is 16.9. The van der Waals surface area contributed by atoms with Crippen molar-refractivity contribution >= 4 is 17.9 Å². The fraction of sp³-hybridized carbons (Fsp3) is 0.757. The monoisotopic (exact) mass is 1060 g/mol. The van der Waals surface area contributed by atoms with Gasteiger partial charge in [0.25, 0.3) is 0 Å². The molecule has 76 heavy (non-hydrogen) atoms. The maximum atomic E-state index is 12.9. The Morgan fingerprint density at radius 3 is 0.855 bits per heavy atom. The smallest absolute Gasteiger partial charge is 0.306 e. The topological polar surface area (TPSA) is 78.9 Å². The molecule has 6 nitrogen and oxygen atoms in total. The molecule has 0 spiro atoms. The average molecular weight is 1060 g/mol. The summed E-state index contributed by atoms with van der Waals surface area (Å²) in [5.74, 6) is -0.931. The fourth-order valence-corrected chi connectivity index (χ4v) is 9.23. The summed E-state index contributed by atoms with van der Waals surface area (Å²) in [6, 6.07) is 0. The van der Waals surface area contributed by atoms with E-state index in [0.29, 0.717) is 19.3 Å².